The van der Waals surface area contributed by atoms with Crippen molar-refractivity contribution in [3.05, 3.63) is 29.7 Å². The van der Waals surface area contributed by atoms with Crippen LogP contribution in [0.2, 0.25) is 0 Å². The molecule has 3 heterocycles. The van der Waals surface area contributed by atoms with Gasteiger partial charge in [0, 0.05) is 12.1 Å². The van der Waals surface area contributed by atoms with Crippen molar-refractivity contribution in [1.29, 1.82) is 0 Å². The van der Waals surface area contributed by atoms with Crippen LogP contribution in [0.3, 0.4) is 0 Å². The predicted molar refractivity (Wildman–Crippen MR) is 58.0 cm³/mol. The number of hydrogen-bond acceptors (Lipinski definition) is 3. The largest absolute Gasteiger partial charge is 0.361 e. The van der Waals surface area contributed by atoms with Gasteiger partial charge in [-0.2, -0.15) is 0 Å². The Morgan fingerprint density at radius 2 is 2.44 bits per heavy atom. The van der Waals surface area contributed by atoms with Crippen molar-refractivity contribution >= 4 is 5.91 Å². The molecule has 0 aromatic carbocycles. The van der Waals surface area contributed by atoms with E-state index in [1.807, 2.05) is 4.90 Å². The van der Waals surface area contributed by atoms with E-state index in [0.717, 1.165) is 19.3 Å². The number of aryl methyl sites for hydroxylation is 1. The Hall–Kier alpha value is -1.58. The van der Waals surface area contributed by atoms with Crippen molar-refractivity contribution in [2.45, 2.75) is 38.3 Å². The van der Waals surface area contributed by atoms with Gasteiger partial charge in [0.1, 0.15) is 5.76 Å². The lowest BCUT2D eigenvalue weighted by molar-refractivity contribution is 0.0678. The van der Waals surface area contributed by atoms with Gasteiger partial charge in [-0.1, -0.05) is 17.3 Å². The molecule has 1 fully saturated rings. The van der Waals surface area contributed by atoms with Crippen LogP contribution in [0.1, 0.15) is 35.5 Å². The molecule has 1 aromatic heterocycles. The molecule has 2 aliphatic heterocycles. The van der Waals surface area contributed by atoms with Crippen molar-refractivity contribution in [3.63, 3.8) is 0 Å². The molecule has 0 saturated carbocycles. The van der Waals surface area contributed by atoms with Gasteiger partial charge in [0.2, 0.25) is 0 Å². The second-order valence-corrected chi connectivity index (χ2v) is 4.50. The molecule has 2 aliphatic rings. The third-order valence-electron chi connectivity index (χ3n) is 3.39. The molecule has 84 valence electrons. The predicted octanol–water partition coefficient (Wildman–Crippen LogP) is 1.92. The maximum atomic E-state index is 12.2. The maximum Gasteiger partial charge on any atom is 0.276 e. The molecule has 0 radical (unpaired) electrons. The standard InChI is InChI=1S/C12H14N2O2/c1-8-7-11(13-16-8)12(15)14-9-3-2-4-10(14)6-5-9/h2-3,7,9-10H,4-6H2,1H3. The number of fused-ring (bicyclic) bond motifs is 2. The van der Waals surface area contributed by atoms with E-state index in [4.69, 9.17) is 4.52 Å². The second kappa shape index (κ2) is 3.47. The lowest BCUT2D eigenvalue weighted by atomic mass is 10.1. The van der Waals surface area contributed by atoms with Crippen molar-refractivity contribution in [2.75, 3.05) is 0 Å². The minimum absolute atomic E-state index is 0.00806. The van der Waals surface area contributed by atoms with Crippen molar-refractivity contribution in [3.8, 4) is 0 Å². The average molecular weight is 218 g/mol. The topological polar surface area (TPSA) is 46.3 Å². The Morgan fingerprint density at radius 3 is 3.12 bits per heavy atom. The van der Waals surface area contributed by atoms with Crippen molar-refractivity contribution in [2.24, 2.45) is 0 Å². The van der Waals surface area contributed by atoms with Crippen LogP contribution in [0, 0.1) is 6.92 Å². The third kappa shape index (κ3) is 1.37. The van der Waals surface area contributed by atoms with Crippen LogP contribution < -0.4 is 0 Å². The van der Waals surface area contributed by atoms with Crippen LogP contribution in [0.4, 0.5) is 0 Å². The molecule has 0 N–H and O–H groups in total. The molecule has 1 saturated heterocycles. The maximum absolute atomic E-state index is 12.2. The summed E-state index contributed by atoms with van der Waals surface area (Å²) in [5.41, 5.74) is 0.435. The minimum atomic E-state index is 0.00806. The number of hydrogen-bond donors (Lipinski definition) is 0. The van der Waals surface area contributed by atoms with Gasteiger partial charge in [-0.05, 0) is 26.2 Å². The summed E-state index contributed by atoms with van der Waals surface area (Å²) in [4.78, 5) is 14.2. The van der Waals surface area contributed by atoms with Gasteiger partial charge in [0.05, 0.1) is 6.04 Å². The Labute approximate surface area is 93.9 Å². The van der Waals surface area contributed by atoms with Gasteiger partial charge < -0.3 is 9.42 Å². The highest BCUT2D eigenvalue weighted by Crippen LogP contribution is 2.32. The summed E-state index contributed by atoms with van der Waals surface area (Å²) in [6.45, 7) is 1.80. The highest BCUT2D eigenvalue weighted by atomic mass is 16.5. The lowest BCUT2D eigenvalue weighted by Crippen LogP contribution is -2.42. The molecule has 4 heteroatoms. The Morgan fingerprint density at radius 1 is 1.56 bits per heavy atom. The Bertz CT molecular complexity index is 450. The summed E-state index contributed by atoms with van der Waals surface area (Å²) >= 11 is 0. The van der Waals surface area contributed by atoms with E-state index >= 15 is 0 Å². The van der Waals surface area contributed by atoms with Gasteiger partial charge in [0.15, 0.2) is 5.69 Å². The molecule has 2 unspecified atom stereocenters. The summed E-state index contributed by atoms with van der Waals surface area (Å²) in [5, 5.41) is 3.80. The fourth-order valence-corrected chi connectivity index (χ4v) is 2.64. The summed E-state index contributed by atoms with van der Waals surface area (Å²) in [6.07, 6.45) is 7.46. The first kappa shape index (κ1) is 9.63. The fraction of sp³-hybridized carbons (Fsp3) is 0.500. The molecule has 4 nitrogen and oxygen atoms in total. The second-order valence-electron chi connectivity index (χ2n) is 4.50. The zero-order valence-electron chi connectivity index (χ0n) is 9.22. The first-order valence-electron chi connectivity index (χ1n) is 5.68. The normalized spacial score (nSPS) is 27.4. The average Bonchev–Trinajstić information content (AvgIpc) is 2.80. The van der Waals surface area contributed by atoms with Crippen LogP contribution in [0.15, 0.2) is 22.7 Å². The van der Waals surface area contributed by atoms with E-state index in [-0.39, 0.29) is 11.9 Å². The first-order chi connectivity index (χ1) is 7.75. The lowest BCUT2D eigenvalue weighted by Gasteiger charge is -2.30. The van der Waals surface area contributed by atoms with Crippen molar-refractivity contribution < 1.29 is 9.32 Å². The van der Waals surface area contributed by atoms with E-state index < -0.39 is 0 Å². The molecule has 2 bridgehead atoms. The van der Waals surface area contributed by atoms with E-state index in [0.29, 0.717) is 17.5 Å². The van der Waals surface area contributed by atoms with E-state index in [9.17, 15) is 4.79 Å². The van der Waals surface area contributed by atoms with Gasteiger partial charge in [-0.25, -0.2) is 0 Å². The molecule has 0 aliphatic carbocycles. The quantitative estimate of drug-likeness (QED) is 0.676. The third-order valence-corrected chi connectivity index (χ3v) is 3.39. The molecule has 1 aromatic rings. The molecule has 2 atom stereocenters. The smallest absolute Gasteiger partial charge is 0.276 e. The number of amides is 1. The van der Waals surface area contributed by atoms with Crippen LogP contribution >= 0.6 is 0 Å². The fourth-order valence-electron chi connectivity index (χ4n) is 2.64. The molecular weight excluding hydrogens is 204 g/mol. The van der Waals surface area contributed by atoms with Gasteiger partial charge in [-0.15, -0.1) is 0 Å². The first-order valence-corrected chi connectivity index (χ1v) is 5.68. The monoisotopic (exact) mass is 218 g/mol. The number of aromatic nitrogens is 1. The number of nitrogens with zero attached hydrogens (tertiary/aromatic N) is 2. The van der Waals surface area contributed by atoms with Crippen LogP contribution in [0.25, 0.3) is 0 Å². The van der Waals surface area contributed by atoms with Gasteiger partial charge in [-0.3, -0.25) is 4.79 Å². The zero-order chi connectivity index (χ0) is 11.1. The van der Waals surface area contributed by atoms with E-state index in [1.165, 1.54) is 0 Å². The molecule has 16 heavy (non-hydrogen) atoms. The van der Waals surface area contributed by atoms with Crippen LogP contribution in [-0.2, 0) is 0 Å². The van der Waals surface area contributed by atoms with E-state index in [2.05, 4.69) is 17.3 Å². The van der Waals surface area contributed by atoms with E-state index in [1.54, 1.807) is 13.0 Å². The van der Waals surface area contributed by atoms with Crippen LogP contribution in [0.5, 0.6) is 0 Å². The zero-order valence-corrected chi connectivity index (χ0v) is 9.22. The Kier molecular flexibility index (Phi) is 2.09. The number of carbonyl (C=O) groups excluding carboxylic acids is 1. The highest BCUT2D eigenvalue weighted by molar-refractivity contribution is 5.93. The minimum Gasteiger partial charge on any atom is -0.361 e. The summed E-state index contributed by atoms with van der Waals surface area (Å²) in [7, 11) is 0. The molecule has 0 spiro atoms. The van der Waals surface area contributed by atoms with Crippen LogP contribution in [-0.4, -0.2) is 28.0 Å². The summed E-state index contributed by atoms with van der Waals surface area (Å²) in [5.74, 6) is 0.692. The molecule has 3 rings (SSSR count). The number of rotatable bonds is 1. The molecular formula is C12H14N2O2. The Balaban J connectivity index is 1.88. The summed E-state index contributed by atoms with van der Waals surface area (Å²) in [6, 6.07) is 2.34. The summed E-state index contributed by atoms with van der Waals surface area (Å²) < 4.78 is 4.95. The van der Waals surface area contributed by atoms with Gasteiger partial charge in [0.25, 0.3) is 5.91 Å². The SMILES string of the molecule is Cc1cc(C(=O)N2C3C=CCC2CC3)no1. The van der Waals surface area contributed by atoms with Crippen molar-refractivity contribution in [1.82, 2.24) is 10.1 Å². The highest BCUT2D eigenvalue weighted by Gasteiger charge is 2.38. The molecule has 1 amide bonds. The van der Waals surface area contributed by atoms with Gasteiger partial charge >= 0.3 is 0 Å². The number of carbonyl (C=O) groups is 1.